The molecule has 11 nitrogen and oxygen atoms in total. The molecular weight excluding hydrogens is 522 g/mol. The molecule has 2 N–H and O–H groups in total. The average Bonchev–Trinajstić information content (AvgIpc) is 3.67. The number of nitrogens with zero attached hydrogens (tertiary/aromatic N) is 5. The van der Waals surface area contributed by atoms with Crippen LogP contribution in [-0.4, -0.2) is 64.4 Å². The SMILES string of the molecule is COC(=O)c1cccc(-c2cnc(N[C@@H]3CCCC[C@H]3N[C@H]3CCCN(c4ccc(-c5noc(C)n5)nc4)C3)o2)c1. The van der Waals surface area contributed by atoms with Crippen LogP contribution in [0.3, 0.4) is 0 Å². The minimum absolute atomic E-state index is 0.214. The van der Waals surface area contributed by atoms with Crippen molar-refractivity contribution in [1.82, 2.24) is 25.4 Å². The molecule has 1 saturated carbocycles. The summed E-state index contributed by atoms with van der Waals surface area (Å²) in [5, 5.41) is 11.5. The number of aryl methyl sites for hydroxylation is 1. The van der Waals surface area contributed by atoms with Crippen LogP contribution in [0.4, 0.5) is 11.7 Å². The molecule has 0 spiro atoms. The molecule has 0 amide bonds. The quantitative estimate of drug-likeness (QED) is 0.288. The molecule has 1 aromatic carbocycles. The van der Waals surface area contributed by atoms with Crippen LogP contribution in [0.25, 0.3) is 22.8 Å². The molecule has 1 aliphatic heterocycles. The standard InChI is InChI=1S/C30H35N7O4/c1-19-33-28(36-41-19)26-13-12-23(16-31-26)37-14-6-9-22(18-37)34-24-10-3-4-11-25(24)35-30-32-17-27(40-30)20-7-5-8-21(15-20)29(38)39-2/h5,7-8,12-13,15-17,22,24-25,34H,3-4,6,9-11,14,18H2,1-2H3,(H,32,35)/t22-,24+,25+/m0/s1. The van der Waals surface area contributed by atoms with Crippen molar-refractivity contribution in [2.24, 2.45) is 0 Å². The van der Waals surface area contributed by atoms with E-state index >= 15 is 0 Å². The monoisotopic (exact) mass is 557 g/mol. The maximum absolute atomic E-state index is 11.9. The number of hydrogen-bond donors (Lipinski definition) is 2. The van der Waals surface area contributed by atoms with E-state index in [0.29, 0.717) is 46.8 Å². The minimum Gasteiger partial charge on any atom is -0.465 e. The van der Waals surface area contributed by atoms with E-state index in [9.17, 15) is 4.79 Å². The second-order valence-corrected chi connectivity index (χ2v) is 10.7. The van der Waals surface area contributed by atoms with Gasteiger partial charge in [0.05, 0.1) is 30.8 Å². The Morgan fingerprint density at radius 1 is 1.05 bits per heavy atom. The van der Waals surface area contributed by atoms with Gasteiger partial charge in [0.25, 0.3) is 6.01 Å². The summed E-state index contributed by atoms with van der Waals surface area (Å²) in [6.45, 7) is 3.70. The van der Waals surface area contributed by atoms with Gasteiger partial charge in [-0.1, -0.05) is 30.1 Å². The van der Waals surface area contributed by atoms with Crippen LogP contribution >= 0.6 is 0 Å². The molecule has 214 valence electrons. The third-order valence-corrected chi connectivity index (χ3v) is 7.89. The van der Waals surface area contributed by atoms with Crippen LogP contribution in [0.2, 0.25) is 0 Å². The van der Waals surface area contributed by atoms with E-state index in [1.165, 1.54) is 20.0 Å². The zero-order valence-corrected chi connectivity index (χ0v) is 23.4. The van der Waals surface area contributed by atoms with E-state index in [1.807, 2.05) is 24.4 Å². The molecule has 3 atom stereocenters. The van der Waals surface area contributed by atoms with Crippen molar-refractivity contribution in [3.05, 3.63) is 60.2 Å². The Labute approximate surface area is 238 Å². The molecule has 2 aliphatic rings. The van der Waals surface area contributed by atoms with E-state index in [1.54, 1.807) is 25.3 Å². The van der Waals surface area contributed by atoms with Gasteiger partial charge in [-0.05, 0) is 49.9 Å². The molecule has 4 heterocycles. The highest BCUT2D eigenvalue weighted by Crippen LogP contribution is 2.28. The van der Waals surface area contributed by atoms with Crippen molar-refractivity contribution in [3.8, 4) is 22.8 Å². The fraction of sp³-hybridized carbons (Fsp3) is 0.433. The normalized spacial score (nSPS) is 21.0. The fourth-order valence-corrected chi connectivity index (χ4v) is 5.81. The lowest BCUT2D eigenvalue weighted by Crippen LogP contribution is -2.54. The van der Waals surface area contributed by atoms with E-state index in [-0.39, 0.29) is 12.0 Å². The first-order valence-electron chi connectivity index (χ1n) is 14.2. The number of carbonyl (C=O) groups is 1. The first-order valence-corrected chi connectivity index (χ1v) is 14.2. The highest BCUT2D eigenvalue weighted by molar-refractivity contribution is 5.90. The molecule has 1 aliphatic carbocycles. The maximum Gasteiger partial charge on any atom is 0.337 e. The lowest BCUT2D eigenvalue weighted by Gasteiger charge is -2.40. The summed E-state index contributed by atoms with van der Waals surface area (Å²) < 4.78 is 16.0. The summed E-state index contributed by atoms with van der Waals surface area (Å²) in [5.41, 5.74) is 3.06. The Morgan fingerprint density at radius 2 is 1.93 bits per heavy atom. The minimum atomic E-state index is -0.380. The summed E-state index contributed by atoms with van der Waals surface area (Å²) in [7, 11) is 1.37. The number of carbonyl (C=O) groups excluding carboxylic acids is 1. The van der Waals surface area contributed by atoms with Crippen LogP contribution < -0.4 is 15.5 Å². The highest BCUT2D eigenvalue weighted by Gasteiger charge is 2.30. The average molecular weight is 558 g/mol. The molecule has 0 bridgehead atoms. The fourth-order valence-electron chi connectivity index (χ4n) is 5.81. The number of aromatic nitrogens is 4. The predicted molar refractivity (Wildman–Crippen MR) is 154 cm³/mol. The van der Waals surface area contributed by atoms with Crippen molar-refractivity contribution in [2.45, 2.75) is 63.6 Å². The Balaban J connectivity index is 1.08. The molecule has 11 heteroatoms. The van der Waals surface area contributed by atoms with Gasteiger partial charge in [-0.15, -0.1) is 0 Å². The number of esters is 1. The maximum atomic E-state index is 11.9. The molecule has 41 heavy (non-hydrogen) atoms. The Bertz CT molecular complexity index is 1470. The van der Waals surface area contributed by atoms with Crippen molar-refractivity contribution < 1.29 is 18.5 Å². The van der Waals surface area contributed by atoms with E-state index < -0.39 is 0 Å². The summed E-state index contributed by atoms with van der Waals surface area (Å²) >= 11 is 0. The number of rotatable bonds is 8. The van der Waals surface area contributed by atoms with Gasteiger partial charge in [-0.2, -0.15) is 4.98 Å². The van der Waals surface area contributed by atoms with Gasteiger partial charge in [0.1, 0.15) is 5.69 Å². The second-order valence-electron chi connectivity index (χ2n) is 10.7. The van der Waals surface area contributed by atoms with Gasteiger partial charge >= 0.3 is 5.97 Å². The summed E-state index contributed by atoms with van der Waals surface area (Å²) in [5.74, 6) is 1.26. The summed E-state index contributed by atoms with van der Waals surface area (Å²) in [6, 6.07) is 12.6. The summed E-state index contributed by atoms with van der Waals surface area (Å²) in [4.78, 5) is 27.7. The van der Waals surface area contributed by atoms with Crippen LogP contribution in [-0.2, 0) is 4.74 Å². The Hall–Kier alpha value is -4.25. The van der Waals surface area contributed by atoms with Gasteiger partial charge in [-0.3, -0.25) is 4.98 Å². The molecule has 6 rings (SSSR count). The molecule has 1 saturated heterocycles. The number of benzene rings is 1. The lowest BCUT2D eigenvalue weighted by molar-refractivity contribution is 0.0600. The van der Waals surface area contributed by atoms with Crippen LogP contribution in [0.15, 0.2) is 57.7 Å². The number of oxazole rings is 1. The first kappa shape index (κ1) is 26.9. The first-order chi connectivity index (χ1) is 20.1. The van der Waals surface area contributed by atoms with Crippen molar-refractivity contribution in [1.29, 1.82) is 0 Å². The molecule has 2 fully saturated rings. The topological polar surface area (TPSA) is 131 Å². The van der Waals surface area contributed by atoms with E-state index in [2.05, 4.69) is 41.7 Å². The van der Waals surface area contributed by atoms with Crippen molar-refractivity contribution >= 4 is 17.7 Å². The van der Waals surface area contributed by atoms with E-state index in [4.69, 9.17) is 13.7 Å². The predicted octanol–water partition coefficient (Wildman–Crippen LogP) is 4.86. The number of nitrogens with one attached hydrogen (secondary N) is 2. The zero-order chi connectivity index (χ0) is 28.2. The third-order valence-electron chi connectivity index (χ3n) is 7.89. The number of ether oxygens (including phenoxy) is 1. The number of piperidine rings is 1. The van der Waals surface area contributed by atoms with Gasteiger partial charge in [0.15, 0.2) is 5.76 Å². The molecule has 0 radical (unpaired) electrons. The Kier molecular flexibility index (Phi) is 7.95. The largest absolute Gasteiger partial charge is 0.465 e. The smallest absolute Gasteiger partial charge is 0.337 e. The molecule has 4 aromatic rings. The van der Waals surface area contributed by atoms with Gasteiger partial charge in [-0.25, -0.2) is 9.78 Å². The lowest BCUT2D eigenvalue weighted by atomic mass is 9.89. The number of methoxy groups -OCH3 is 1. The highest BCUT2D eigenvalue weighted by atomic mass is 16.5. The van der Waals surface area contributed by atoms with Crippen molar-refractivity contribution in [3.63, 3.8) is 0 Å². The number of hydrogen-bond acceptors (Lipinski definition) is 11. The third kappa shape index (κ3) is 6.25. The van der Waals surface area contributed by atoms with E-state index in [0.717, 1.165) is 50.0 Å². The molecule has 0 unspecified atom stereocenters. The van der Waals surface area contributed by atoms with Gasteiger partial charge in [0.2, 0.25) is 11.7 Å². The number of anilines is 2. The van der Waals surface area contributed by atoms with Gasteiger partial charge in [0, 0.05) is 43.7 Å². The van der Waals surface area contributed by atoms with Gasteiger partial charge < -0.3 is 29.2 Å². The van der Waals surface area contributed by atoms with Crippen LogP contribution in [0, 0.1) is 6.92 Å². The molecular formula is C30H35N7O4. The number of pyridine rings is 1. The van der Waals surface area contributed by atoms with Crippen molar-refractivity contribution in [2.75, 3.05) is 30.4 Å². The van der Waals surface area contributed by atoms with Crippen LogP contribution in [0.1, 0.15) is 54.8 Å². The molecule has 3 aromatic heterocycles. The second kappa shape index (κ2) is 12.1. The summed E-state index contributed by atoms with van der Waals surface area (Å²) in [6.07, 6.45) is 10.4. The zero-order valence-electron chi connectivity index (χ0n) is 23.4. The Morgan fingerprint density at radius 3 is 2.71 bits per heavy atom. The van der Waals surface area contributed by atoms with Crippen LogP contribution in [0.5, 0.6) is 0 Å².